The van der Waals surface area contributed by atoms with Crippen molar-refractivity contribution >= 4 is 17.1 Å². The number of ketones is 1. The summed E-state index contributed by atoms with van der Waals surface area (Å²) in [5.41, 5.74) is 5.72. The van der Waals surface area contributed by atoms with E-state index in [9.17, 15) is 4.79 Å². The van der Waals surface area contributed by atoms with Gasteiger partial charge >= 0.3 is 0 Å². The van der Waals surface area contributed by atoms with Gasteiger partial charge in [-0.3, -0.25) is 9.69 Å². The number of nitrogens with zero attached hydrogens (tertiary/aromatic N) is 2. The number of carbonyl (C=O) groups is 1. The molecule has 88 valence electrons. The fourth-order valence-corrected chi connectivity index (χ4v) is 2.72. The van der Waals surface area contributed by atoms with Crippen molar-refractivity contribution in [3.05, 3.63) is 16.6 Å². The van der Waals surface area contributed by atoms with Crippen molar-refractivity contribution in [3.63, 3.8) is 0 Å². The molecular formula is C11H17N3OS. The van der Waals surface area contributed by atoms with Gasteiger partial charge in [0.15, 0.2) is 5.01 Å². The van der Waals surface area contributed by atoms with E-state index in [1.807, 2.05) is 5.38 Å². The lowest BCUT2D eigenvalue weighted by atomic mass is 10.0. The molecule has 2 N–H and O–H groups in total. The van der Waals surface area contributed by atoms with E-state index in [1.54, 1.807) is 6.20 Å². The Bertz CT molecular complexity index is 339. The first-order chi connectivity index (χ1) is 7.81. The van der Waals surface area contributed by atoms with Gasteiger partial charge in [-0.2, -0.15) is 0 Å². The molecule has 0 unspecified atom stereocenters. The molecule has 1 aromatic heterocycles. The first-order valence-electron chi connectivity index (χ1n) is 5.68. The van der Waals surface area contributed by atoms with Crippen molar-refractivity contribution in [3.8, 4) is 0 Å². The van der Waals surface area contributed by atoms with Crippen molar-refractivity contribution in [1.29, 1.82) is 0 Å². The largest absolute Gasteiger partial charge is 0.329 e. The van der Waals surface area contributed by atoms with Crippen LogP contribution < -0.4 is 5.73 Å². The number of likely N-dealkylation sites (tertiary alicyclic amines) is 1. The summed E-state index contributed by atoms with van der Waals surface area (Å²) in [4.78, 5) is 18.1. The minimum absolute atomic E-state index is 0.121. The summed E-state index contributed by atoms with van der Waals surface area (Å²) in [5, 5.41) is 2.45. The van der Waals surface area contributed by atoms with Gasteiger partial charge in [-0.1, -0.05) is 6.42 Å². The number of nitrogens with two attached hydrogens (primary N) is 1. The maximum atomic E-state index is 11.9. The van der Waals surface area contributed by atoms with E-state index in [-0.39, 0.29) is 5.78 Å². The van der Waals surface area contributed by atoms with Gasteiger partial charge in [0.25, 0.3) is 0 Å². The number of hydrogen-bond donors (Lipinski definition) is 1. The average molecular weight is 239 g/mol. The molecule has 0 aromatic carbocycles. The zero-order chi connectivity index (χ0) is 11.4. The van der Waals surface area contributed by atoms with E-state index in [2.05, 4.69) is 9.88 Å². The Morgan fingerprint density at radius 3 is 3.19 bits per heavy atom. The van der Waals surface area contributed by atoms with Crippen LogP contribution in [-0.4, -0.2) is 41.3 Å². The van der Waals surface area contributed by atoms with E-state index in [4.69, 9.17) is 5.73 Å². The quantitative estimate of drug-likeness (QED) is 0.800. The fraction of sp³-hybridized carbons (Fsp3) is 0.636. The van der Waals surface area contributed by atoms with E-state index >= 15 is 0 Å². The normalized spacial score (nSPS) is 22.2. The summed E-state index contributed by atoms with van der Waals surface area (Å²) < 4.78 is 0. The molecule has 0 aliphatic carbocycles. The van der Waals surface area contributed by atoms with E-state index in [0.717, 1.165) is 13.0 Å². The zero-order valence-electron chi connectivity index (χ0n) is 9.26. The summed E-state index contributed by atoms with van der Waals surface area (Å²) in [6.45, 7) is 2.10. The van der Waals surface area contributed by atoms with Crippen LogP contribution in [0.25, 0.3) is 0 Å². The van der Waals surface area contributed by atoms with Gasteiger partial charge in [0, 0.05) is 24.2 Å². The Balaban J connectivity index is 1.95. The van der Waals surface area contributed by atoms with Crippen LogP contribution in [0.3, 0.4) is 0 Å². The molecular weight excluding hydrogens is 222 g/mol. The van der Waals surface area contributed by atoms with Crippen LogP contribution in [0.1, 0.15) is 29.1 Å². The van der Waals surface area contributed by atoms with Crippen molar-refractivity contribution in [2.75, 3.05) is 19.6 Å². The number of hydrogen-bond acceptors (Lipinski definition) is 5. The van der Waals surface area contributed by atoms with E-state index in [0.29, 0.717) is 24.1 Å². The average Bonchev–Trinajstić information content (AvgIpc) is 2.83. The first kappa shape index (κ1) is 11.7. The number of thiazole rings is 1. The van der Waals surface area contributed by atoms with Gasteiger partial charge in [-0.25, -0.2) is 4.98 Å². The Morgan fingerprint density at radius 2 is 2.50 bits per heavy atom. The second-order valence-electron chi connectivity index (χ2n) is 4.12. The highest BCUT2D eigenvalue weighted by molar-refractivity contribution is 7.11. The summed E-state index contributed by atoms with van der Waals surface area (Å²) in [7, 11) is 0. The molecule has 0 radical (unpaired) electrons. The first-order valence-corrected chi connectivity index (χ1v) is 6.56. The monoisotopic (exact) mass is 239 g/mol. The maximum Gasteiger partial charge on any atom is 0.205 e. The number of aromatic nitrogens is 1. The smallest absolute Gasteiger partial charge is 0.205 e. The Morgan fingerprint density at radius 1 is 1.62 bits per heavy atom. The summed E-state index contributed by atoms with van der Waals surface area (Å²) in [5.74, 6) is 0.121. The minimum Gasteiger partial charge on any atom is -0.329 e. The lowest BCUT2D eigenvalue weighted by Gasteiger charge is -2.34. The van der Waals surface area contributed by atoms with Crippen LogP contribution in [0.2, 0.25) is 0 Å². The Hall–Kier alpha value is -0.780. The molecule has 4 nitrogen and oxygen atoms in total. The van der Waals surface area contributed by atoms with E-state index in [1.165, 1.54) is 24.2 Å². The topological polar surface area (TPSA) is 59.2 Å². The van der Waals surface area contributed by atoms with Crippen LogP contribution in [0.15, 0.2) is 11.6 Å². The fourth-order valence-electron chi connectivity index (χ4n) is 2.15. The molecule has 1 aliphatic rings. The SMILES string of the molecule is NC[C@@H]1CCCCN1CC(=O)c1nccs1. The summed E-state index contributed by atoms with van der Waals surface area (Å²) in [6.07, 6.45) is 5.18. The summed E-state index contributed by atoms with van der Waals surface area (Å²) >= 11 is 1.41. The zero-order valence-corrected chi connectivity index (χ0v) is 10.1. The lowest BCUT2D eigenvalue weighted by Crippen LogP contribution is -2.46. The van der Waals surface area contributed by atoms with Crippen molar-refractivity contribution in [2.45, 2.75) is 25.3 Å². The Kier molecular flexibility index (Phi) is 4.04. The third-order valence-electron chi connectivity index (χ3n) is 3.04. The predicted octanol–water partition coefficient (Wildman–Crippen LogP) is 1.14. The molecule has 1 fully saturated rings. The number of carbonyl (C=O) groups excluding carboxylic acids is 1. The highest BCUT2D eigenvalue weighted by Gasteiger charge is 2.24. The second-order valence-corrected chi connectivity index (χ2v) is 5.01. The predicted molar refractivity (Wildman–Crippen MR) is 64.7 cm³/mol. The number of rotatable bonds is 4. The van der Waals surface area contributed by atoms with Crippen LogP contribution in [0, 0.1) is 0 Å². The minimum atomic E-state index is 0.121. The van der Waals surface area contributed by atoms with Gasteiger partial charge in [0.2, 0.25) is 5.78 Å². The van der Waals surface area contributed by atoms with Crippen LogP contribution >= 0.6 is 11.3 Å². The third-order valence-corrected chi connectivity index (χ3v) is 3.85. The molecule has 1 atom stereocenters. The number of Topliss-reactive ketones (excluding diaryl/α,β-unsaturated/α-hetero) is 1. The van der Waals surface area contributed by atoms with E-state index < -0.39 is 0 Å². The van der Waals surface area contributed by atoms with Crippen LogP contribution in [0.4, 0.5) is 0 Å². The number of piperidine rings is 1. The van der Waals surface area contributed by atoms with Gasteiger partial charge in [0.05, 0.1) is 6.54 Å². The molecule has 1 aliphatic heterocycles. The molecule has 0 saturated carbocycles. The van der Waals surface area contributed by atoms with Crippen molar-refractivity contribution in [2.24, 2.45) is 5.73 Å². The van der Waals surface area contributed by atoms with Crippen LogP contribution in [0.5, 0.6) is 0 Å². The van der Waals surface area contributed by atoms with Gasteiger partial charge < -0.3 is 5.73 Å². The van der Waals surface area contributed by atoms with Gasteiger partial charge in [-0.15, -0.1) is 11.3 Å². The Labute approximate surface area is 99.5 Å². The molecule has 5 heteroatoms. The second kappa shape index (κ2) is 5.52. The molecule has 16 heavy (non-hydrogen) atoms. The third kappa shape index (κ3) is 2.66. The standard InChI is InChI=1S/C11H17N3OS/c12-7-9-3-1-2-5-14(9)8-10(15)11-13-4-6-16-11/h4,6,9H,1-3,5,7-8,12H2/t9-/m0/s1. The molecule has 1 aromatic rings. The van der Waals surface area contributed by atoms with Crippen molar-refractivity contribution < 1.29 is 4.79 Å². The molecule has 1 saturated heterocycles. The summed E-state index contributed by atoms with van der Waals surface area (Å²) in [6, 6.07) is 0.373. The maximum absolute atomic E-state index is 11.9. The molecule has 2 rings (SSSR count). The van der Waals surface area contributed by atoms with Gasteiger partial charge in [0.1, 0.15) is 0 Å². The van der Waals surface area contributed by atoms with Gasteiger partial charge in [-0.05, 0) is 19.4 Å². The molecule has 0 bridgehead atoms. The van der Waals surface area contributed by atoms with Crippen LogP contribution in [-0.2, 0) is 0 Å². The molecule has 0 amide bonds. The highest BCUT2D eigenvalue weighted by atomic mass is 32.1. The lowest BCUT2D eigenvalue weighted by molar-refractivity contribution is 0.0851. The highest BCUT2D eigenvalue weighted by Crippen LogP contribution is 2.17. The molecule has 2 heterocycles. The van der Waals surface area contributed by atoms with Crippen molar-refractivity contribution in [1.82, 2.24) is 9.88 Å². The molecule has 0 spiro atoms.